The molecule has 8 heteroatoms. The first-order valence-electron chi connectivity index (χ1n) is 8.36. The molecule has 0 amide bonds. The van der Waals surface area contributed by atoms with Crippen LogP contribution in [-0.2, 0) is 16.2 Å². The standard InChI is InChI=1S/C19H21N3O3S2/c1-21(13-14-26-27(23,24)25)16-10-7-15(8-11-16)9-12-19-20-17-5-3-4-6-18(17)22(19)2/h3-12H,13-14H2,1-2H3,(H,23,24,25)/b12-9+. The second-order valence-electron chi connectivity index (χ2n) is 6.11. The lowest BCUT2D eigenvalue weighted by Crippen LogP contribution is -2.20. The van der Waals surface area contributed by atoms with Gasteiger partial charge >= 0.3 is 9.15 Å². The molecule has 3 aromatic rings. The number of fused-ring (bicyclic) bond motifs is 1. The van der Waals surface area contributed by atoms with E-state index in [9.17, 15) is 8.42 Å². The maximum atomic E-state index is 10.7. The van der Waals surface area contributed by atoms with Crippen LogP contribution in [-0.4, -0.2) is 41.9 Å². The van der Waals surface area contributed by atoms with Gasteiger partial charge in [0.1, 0.15) is 5.82 Å². The summed E-state index contributed by atoms with van der Waals surface area (Å²) in [6.45, 7) is 0.513. The fourth-order valence-corrected chi connectivity index (χ4v) is 4.15. The van der Waals surface area contributed by atoms with Crippen LogP contribution in [0.1, 0.15) is 11.4 Å². The summed E-state index contributed by atoms with van der Waals surface area (Å²) in [6.07, 6.45) is 4.00. The van der Waals surface area contributed by atoms with Gasteiger partial charge in [0.05, 0.1) is 11.0 Å². The quantitative estimate of drug-likeness (QED) is 0.479. The number of anilines is 1. The highest BCUT2D eigenvalue weighted by molar-refractivity contribution is 8.69. The van der Waals surface area contributed by atoms with Gasteiger partial charge in [0.2, 0.25) is 0 Å². The Morgan fingerprint density at radius 1 is 1.15 bits per heavy atom. The van der Waals surface area contributed by atoms with Crippen molar-refractivity contribution in [2.24, 2.45) is 7.05 Å². The van der Waals surface area contributed by atoms with Crippen LogP contribution in [0.5, 0.6) is 0 Å². The molecule has 0 fully saturated rings. The van der Waals surface area contributed by atoms with E-state index in [4.69, 9.17) is 4.55 Å². The zero-order valence-electron chi connectivity index (χ0n) is 15.1. The predicted molar refractivity (Wildman–Crippen MR) is 113 cm³/mol. The van der Waals surface area contributed by atoms with Crippen LogP contribution in [0.2, 0.25) is 0 Å². The Balaban J connectivity index is 1.66. The highest BCUT2D eigenvalue weighted by atomic mass is 33.1. The average Bonchev–Trinajstić information content (AvgIpc) is 2.95. The zero-order valence-corrected chi connectivity index (χ0v) is 16.7. The molecule has 0 aliphatic carbocycles. The second-order valence-corrected chi connectivity index (χ2v) is 9.58. The van der Waals surface area contributed by atoms with Gasteiger partial charge in [0.15, 0.2) is 0 Å². The molecule has 0 saturated heterocycles. The third-order valence-electron chi connectivity index (χ3n) is 4.24. The fraction of sp³-hybridized carbons (Fsp3) is 0.211. The number of hydrogen-bond donors (Lipinski definition) is 1. The lowest BCUT2D eigenvalue weighted by atomic mass is 10.2. The second kappa shape index (κ2) is 8.16. The molecule has 1 heterocycles. The molecule has 0 unspecified atom stereocenters. The van der Waals surface area contributed by atoms with Gasteiger partial charge in [-0.1, -0.05) is 30.3 Å². The molecule has 3 rings (SSSR count). The summed E-state index contributed by atoms with van der Waals surface area (Å²) in [6, 6.07) is 16.0. The van der Waals surface area contributed by atoms with E-state index in [1.807, 2.05) is 79.7 Å². The molecule has 0 spiro atoms. The molecule has 1 aromatic heterocycles. The summed E-state index contributed by atoms with van der Waals surface area (Å²) in [4.78, 5) is 6.56. The topological polar surface area (TPSA) is 75.4 Å². The van der Waals surface area contributed by atoms with E-state index < -0.39 is 9.15 Å². The first kappa shape index (κ1) is 19.5. The van der Waals surface area contributed by atoms with Crippen molar-refractivity contribution in [3.63, 3.8) is 0 Å². The maximum Gasteiger partial charge on any atom is 0.319 e. The summed E-state index contributed by atoms with van der Waals surface area (Å²) >= 11 is 0. The van der Waals surface area contributed by atoms with Crippen molar-refractivity contribution in [2.45, 2.75) is 0 Å². The fourth-order valence-electron chi connectivity index (χ4n) is 2.73. The minimum Gasteiger partial charge on any atom is -0.374 e. The first-order valence-corrected chi connectivity index (χ1v) is 11.3. The summed E-state index contributed by atoms with van der Waals surface area (Å²) in [7, 11) is 0.433. The smallest absolute Gasteiger partial charge is 0.319 e. The lowest BCUT2D eigenvalue weighted by Gasteiger charge is -2.18. The molecule has 1 N–H and O–H groups in total. The third kappa shape index (κ3) is 5.12. The van der Waals surface area contributed by atoms with Gasteiger partial charge in [-0.15, -0.1) is 0 Å². The van der Waals surface area contributed by atoms with Gasteiger partial charge in [-0.3, -0.25) is 4.55 Å². The molecule has 0 atom stereocenters. The van der Waals surface area contributed by atoms with Gasteiger partial charge in [-0.25, -0.2) is 4.98 Å². The van der Waals surface area contributed by atoms with Crippen molar-refractivity contribution in [1.82, 2.24) is 9.55 Å². The molecule has 6 nitrogen and oxygen atoms in total. The molecular formula is C19H21N3O3S2. The number of hydrogen-bond acceptors (Lipinski definition) is 5. The molecule has 0 saturated carbocycles. The van der Waals surface area contributed by atoms with Crippen molar-refractivity contribution < 1.29 is 13.0 Å². The number of nitrogens with zero attached hydrogens (tertiary/aromatic N) is 3. The van der Waals surface area contributed by atoms with Crippen LogP contribution in [0.25, 0.3) is 23.2 Å². The zero-order chi connectivity index (χ0) is 19.4. The van der Waals surface area contributed by atoms with Crippen molar-refractivity contribution >= 4 is 48.8 Å². The first-order chi connectivity index (χ1) is 12.8. The number of rotatable bonds is 7. The summed E-state index contributed by atoms with van der Waals surface area (Å²) in [5.74, 6) is 1.18. The molecule has 0 aliphatic rings. The maximum absolute atomic E-state index is 10.7. The normalized spacial score (nSPS) is 12.1. The van der Waals surface area contributed by atoms with Crippen LogP contribution in [0.3, 0.4) is 0 Å². The SMILES string of the molecule is CN(CCSS(=O)(=O)O)c1ccc(/C=C/c2nc3ccccc3n2C)cc1. The Bertz CT molecular complexity index is 1060. The van der Waals surface area contributed by atoms with E-state index in [-0.39, 0.29) is 0 Å². The Hall–Kier alpha value is -2.29. The van der Waals surface area contributed by atoms with Gasteiger partial charge in [0, 0.05) is 32.1 Å². The minimum absolute atomic E-state index is 0.295. The number of aryl methyl sites for hydroxylation is 1. The number of benzene rings is 2. The van der Waals surface area contributed by atoms with E-state index in [2.05, 4.69) is 9.55 Å². The molecule has 0 bridgehead atoms. The Labute approximate surface area is 162 Å². The van der Waals surface area contributed by atoms with Gasteiger partial charge in [-0.2, -0.15) is 8.42 Å². The highest BCUT2D eigenvalue weighted by Gasteiger charge is 2.07. The predicted octanol–water partition coefficient (Wildman–Crippen LogP) is 3.72. The molecular weight excluding hydrogens is 382 g/mol. The van der Waals surface area contributed by atoms with Crippen LogP contribution in [0, 0.1) is 0 Å². The number of aromatic nitrogens is 2. The van der Waals surface area contributed by atoms with Gasteiger partial charge in [0.25, 0.3) is 0 Å². The van der Waals surface area contributed by atoms with Crippen molar-refractivity contribution in [3.8, 4) is 0 Å². The monoisotopic (exact) mass is 403 g/mol. The highest BCUT2D eigenvalue weighted by Crippen LogP contribution is 2.19. The van der Waals surface area contributed by atoms with Crippen molar-refractivity contribution in [2.75, 3.05) is 24.2 Å². The van der Waals surface area contributed by atoms with E-state index >= 15 is 0 Å². The summed E-state index contributed by atoms with van der Waals surface area (Å²) < 4.78 is 32.3. The molecule has 27 heavy (non-hydrogen) atoms. The van der Waals surface area contributed by atoms with E-state index in [0.29, 0.717) is 23.1 Å². The number of para-hydroxylation sites is 2. The van der Waals surface area contributed by atoms with E-state index in [1.165, 1.54) is 0 Å². The van der Waals surface area contributed by atoms with Gasteiger partial charge in [-0.05, 0) is 46.7 Å². The molecule has 142 valence electrons. The van der Waals surface area contributed by atoms with E-state index in [1.54, 1.807) is 0 Å². The van der Waals surface area contributed by atoms with Crippen LogP contribution in [0.4, 0.5) is 5.69 Å². The minimum atomic E-state index is -3.98. The van der Waals surface area contributed by atoms with Crippen LogP contribution in [0.15, 0.2) is 48.5 Å². The lowest BCUT2D eigenvalue weighted by molar-refractivity contribution is 0.503. The van der Waals surface area contributed by atoms with E-state index in [0.717, 1.165) is 28.1 Å². The average molecular weight is 404 g/mol. The third-order valence-corrected chi connectivity index (χ3v) is 6.28. The van der Waals surface area contributed by atoms with Gasteiger partial charge < -0.3 is 9.47 Å². The van der Waals surface area contributed by atoms with Crippen molar-refractivity contribution in [3.05, 3.63) is 59.9 Å². The molecule has 0 aliphatic heterocycles. The Morgan fingerprint density at radius 2 is 1.85 bits per heavy atom. The largest absolute Gasteiger partial charge is 0.374 e. The van der Waals surface area contributed by atoms with Crippen LogP contribution >= 0.6 is 10.8 Å². The molecule has 2 aromatic carbocycles. The number of imidazole rings is 1. The Kier molecular flexibility index (Phi) is 5.88. The Morgan fingerprint density at radius 3 is 2.52 bits per heavy atom. The summed E-state index contributed by atoms with van der Waals surface area (Å²) in [5.41, 5.74) is 4.09. The van der Waals surface area contributed by atoms with Crippen LogP contribution < -0.4 is 4.90 Å². The molecule has 0 radical (unpaired) electrons. The summed E-state index contributed by atoms with van der Waals surface area (Å²) in [5, 5.41) is 0. The van der Waals surface area contributed by atoms with Crippen molar-refractivity contribution in [1.29, 1.82) is 0 Å².